The van der Waals surface area contributed by atoms with E-state index in [0.29, 0.717) is 39.2 Å². The van der Waals surface area contributed by atoms with E-state index in [1.807, 2.05) is 36.4 Å². The maximum Gasteiger partial charge on any atom is 0.270 e. The van der Waals surface area contributed by atoms with E-state index in [1.165, 1.54) is 51.4 Å². The van der Waals surface area contributed by atoms with Crippen LogP contribution in [0.15, 0.2) is 108 Å². The van der Waals surface area contributed by atoms with Gasteiger partial charge in [-0.3, -0.25) is 0 Å². The normalized spacial score (nSPS) is 15.0. The van der Waals surface area contributed by atoms with Crippen molar-refractivity contribution in [1.29, 1.82) is 5.26 Å². The van der Waals surface area contributed by atoms with E-state index < -0.39 is 0 Å². The zero-order valence-electron chi connectivity index (χ0n) is 40.1. The Balaban J connectivity index is 1.53. The number of fused-ring (bicyclic) bond motifs is 4. The summed E-state index contributed by atoms with van der Waals surface area (Å²) in [5, 5.41) is 30.3. The largest absolute Gasteiger partial charge is 0.872 e. The van der Waals surface area contributed by atoms with Gasteiger partial charge in [0.05, 0.1) is 29.5 Å². The van der Waals surface area contributed by atoms with Crippen molar-refractivity contribution in [1.82, 2.24) is 0 Å². The van der Waals surface area contributed by atoms with E-state index in [2.05, 4.69) is 96.6 Å². The Kier molecular flexibility index (Phi) is 16.4. The van der Waals surface area contributed by atoms with Crippen LogP contribution in [-0.4, -0.2) is 36.5 Å². The predicted octanol–water partition coefficient (Wildman–Crippen LogP) is 13.7. The number of nitrogens with two attached hydrogens (primary N) is 2. The molecule has 7 heteroatoms. The first-order valence-corrected chi connectivity index (χ1v) is 25.1. The summed E-state index contributed by atoms with van der Waals surface area (Å²) >= 11 is 0. The highest BCUT2D eigenvalue weighted by atomic mass is 16.3. The van der Waals surface area contributed by atoms with Crippen LogP contribution in [0.4, 0.5) is 17.1 Å². The highest BCUT2D eigenvalue weighted by molar-refractivity contribution is 6.27. The summed E-state index contributed by atoms with van der Waals surface area (Å²) in [4.78, 5) is 6.42. The number of hydrogen-bond donors (Lipinski definition) is 2. The average Bonchev–Trinajstić information content (AvgIpc) is 3.33. The first-order valence-electron chi connectivity index (χ1n) is 25.1. The molecule has 7 nitrogen and oxygen atoms in total. The molecule has 5 aromatic rings. The van der Waals surface area contributed by atoms with E-state index in [-0.39, 0.29) is 11.5 Å². The molecule has 0 fully saturated rings. The molecule has 0 aromatic heterocycles. The third kappa shape index (κ3) is 9.50. The monoisotopic (exact) mass is 879 g/mol. The smallest absolute Gasteiger partial charge is 0.270 e. The van der Waals surface area contributed by atoms with Gasteiger partial charge in [0.2, 0.25) is 5.71 Å². The summed E-state index contributed by atoms with van der Waals surface area (Å²) in [5.41, 5.74) is 23.6. The number of anilines is 3. The van der Waals surface area contributed by atoms with Crippen molar-refractivity contribution in [2.75, 3.05) is 42.5 Å². The minimum atomic E-state index is -0.210. The molecule has 0 bridgehead atoms. The van der Waals surface area contributed by atoms with Gasteiger partial charge in [-0.1, -0.05) is 158 Å². The average molecular weight is 879 g/mol. The molecule has 0 unspecified atom stereocenters. The first kappa shape index (κ1) is 47.6. The minimum absolute atomic E-state index is 0.117. The fourth-order valence-corrected chi connectivity index (χ4v) is 10.5. The third-order valence-corrected chi connectivity index (χ3v) is 13.8. The number of hydrogen-bond acceptors (Lipinski definition) is 5. The van der Waals surface area contributed by atoms with Crippen LogP contribution < -0.4 is 21.5 Å². The quantitative estimate of drug-likeness (QED) is 0.0176. The molecule has 0 saturated heterocycles. The van der Waals surface area contributed by atoms with Crippen LogP contribution in [0.25, 0.3) is 37.5 Å². The molecule has 0 radical (unpaired) electrons. The van der Waals surface area contributed by atoms with Gasteiger partial charge in [-0.05, 0) is 83.2 Å². The van der Waals surface area contributed by atoms with Crippen molar-refractivity contribution >= 4 is 55.5 Å². The van der Waals surface area contributed by atoms with E-state index >= 15 is 5.11 Å². The van der Waals surface area contributed by atoms with E-state index in [0.717, 1.165) is 133 Å². The molecule has 2 aliphatic rings. The van der Waals surface area contributed by atoms with Crippen LogP contribution in [0.3, 0.4) is 0 Å². The highest BCUT2D eigenvalue weighted by Crippen LogP contribution is 2.56. The van der Waals surface area contributed by atoms with Crippen molar-refractivity contribution in [3.8, 4) is 6.07 Å². The summed E-state index contributed by atoms with van der Waals surface area (Å²) < 4.78 is 2.56. The number of nitrogens with zero attached hydrogens (tertiary/aromatic N) is 4. The molecule has 342 valence electrons. The molecule has 0 saturated carbocycles. The lowest BCUT2D eigenvalue weighted by Crippen LogP contribution is -2.32. The Morgan fingerprint density at radius 2 is 1.12 bits per heavy atom. The lowest BCUT2D eigenvalue weighted by Gasteiger charge is -2.41. The van der Waals surface area contributed by atoms with Crippen LogP contribution >= 0.6 is 0 Å². The van der Waals surface area contributed by atoms with Gasteiger partial charge in [0, 0.05) is 64.6 Å². The molecule has 66 heavy (non-hydrogen) atoms. The topological polar surface area (TPSA) is 110 Å². The maximum atomic E-state index is 15.7. The van der Waals surface area contributed by atoms with Gasteiger partial charge in [0.15, 0.2) is 0 Å². The second-order valence-corrected chi connectivity index (χ2v) is 18.3. The maximum absolute atomic E-state index is 15.7. The second kappa shape index (κ2) is 22.7. The second-order valence-electron chi connectivity index (χ2n) is 18.3. The highest BCUT2D eigenvalue weighted by Gasteiger charge is 2.40. The molecule has 5 aromatic carbocycles. The number of nitriles is 1. The molecule has 0 amide bonds. The fourth-order valence-electron chi connectivity index (χ4n) is 10.5. The Morgan fingerprint density at radius 1 is 0.591 bits per heavy atom. The Morgan fingerprint density at radius 3 is 1.73 bits per heavy atom. The Labute approximate surface area is 394 Å². The van der Waals surface area contributed by atoms with Crippen LogP contribution in [-0.2, 0) is 0 Å². The zero-order valence-corrected chi connectivity index (χ0v) is 40.1. The van der Waals surface area contributed by atoms with Gasteiger partial charge in [0.25, 0.3) is 5.70 Å². The number of allylic oxidation sites excluding steroid dienone is 3. The number of unbranched alkanes of at least 4 members (excludes halogenated alkanes) is 12. The van der Waals surface area contributed by atoms with Gasteiger partial charge < -0.3 is 21.5 Å². The molecule has 0 aliphatic heterocycles. The van der Waals surface area contributed by atoms with Crippen LogP contribution in [0.1, 0.15) is 158 Å². The molecule has 4 N–H and O–H groups in total. The van der Waals surface area contributed by atoms with Crippen molar-refractivity contribution in [2.24, 2.45) is 0 Å². The number of rotatable bonds is 22. The van der Waals surface area contributed by atoms with Crippen molar-refractivity contribution in [2.45, 2.75) is 130 Å². The molecule has 0 heterocycles. The molecular weight excluding hydrogens is 809 g/mol. The van der Waals surface area contributed by atoms with E-state index in [1.54, 1.807) is 0 Å². The Hall–Kier alpha value is -6.31. The summed E-state index contributed by atoms with van der Waals surface area (Å²) in [6.45, 7) is 21.1. The zero-order chi connectivity index (χ0) is 46.6. The molecule has 0 atom stereocenters. The summed E-state index contributed by atoms with van der Waals surface area (Å²) in [7, 11) is 0. The third-order valence-electron chi connectivity index (χ3n) is 13.8. The number of benzene rings is 5. The fraction of sp³-hybridized carbons (Fsp3) is 0.407. The Bertz CT molecular complexity index is 2730. The van der Waals surface area contributed by atoms with Gasteiger partial charge in [-0.2, -0.15) is 0 Å². The van der Waals surface area contributed by atoms with Gasteiger partial charge in [0.1, 0.15) is 13.1 Å². The van der Waals surface area contributed by atoms with Crippen LogP contribution in [0.5, 0.6) is 0 Å². The van der Waals surface area contributed by atoms with Gasteiger partial charge in [-0.15, -0.1) is 0 Å². The molecular formula is C59H70N6O. The molecule has 0 spiro atoms. The van der Waals surface area contributed by atoms with E-state index in [9.17, 15) is 5.26 Å². The summed E-state index contributed by atoms with van der Waals surface area (Å²) in [6.07, 6.45) is 18.4. The van der Waals surface area contributed by atoms with Crippen molar-refractivity contribution in [3.63, 3.8) is 0 Å². The van der Waals surface area contributed by atoms with Crippen LogP contribution in [0, 0.1) is 17.9 Å². The SMILES string of the molecule is [C-]#[N+]/C(C#N)=C1C(c2c3ccccc3c(N(CCCCCC)CCCCCC)c3cccc(N)c23)=C([O-])C/1=C1\c2ccccc2C(=[N+](CCCCCC)CCCCCC)c2cccc(N)c21. The summed E-state index contributed by atoms with van der Waals surface area (Å²) in [6, 6.07) is 31.0. The summed E-state index contributed by atoms with van der Waals surface area (Å²) in [5.74, 6) is -0.210. The van der Waals surface area contributed by atoms with Gasteiger partial charge >= 0.3 is 0 Å². The van der Waals surface area contributed by atoms with E-state index in [4.69, 9.17) is 18.0 Å². The van der Waals surface area contributed by atoms with Crippen LogP contribution in [0.2, 0.25) is 0 Å². The lowest BCUT2D eigenvalue weighted by atomic mass is 9.69. The lowest BCUT2D eigenvalue weighted by molar-refractivity contribution is -0.528. The first-order chi connectivity index (χ1) is 32.4. The van der Waals surface area contributed by atoms with Crippen molar-refractivity contribution in [3.05, 3.63) is 147 Å². The number of nitrogen functional groups attached to an aromatic ring is 2. The molecule has 7 rings (SSSR count). The van der Waals surface area contributed by atoms with Gasteiger partial charge in [-0.25, -0.2) is 14.7 Å². The van der Waals surface area contributed by atoms with Crippen molar-refractivity contribution < 1.29 is 9.68 Å². The minimum Gasteiger partial charge on any atom is -0.872 e. The standard InChI is InChI=1S/C59H70N6O/c1-6-10-14-22-36-64(37-23-15-11-7-2)57-43-30-20-18-28-41(43)52(50-45(57)32-26-34-47(50)61)55-54(49(40-60)63-5)56(59(55)66)53-42-29-19-21-31-44(42)58(46-33-27-35-48(62)51(46)53)65(38-24-16-12-8-3)39-25-17-13-9-4/h18-21,26-35H,6-17,22-25,36-39,61-62H2,1-4H3. The molecule has 2 aliphatic carbocycles. The predicted molar refractivity (Wildman–Crippen MR) is 277 cm³/mol.